The van der Waals surface area contributed by atoms with E-state index in [-0.39, 0.29) is 11.7 Å². The molecule has 0 saturated heterocycles. The van der Waals surface area contributed by atoms with Crippen LogP contribution in [0.1, 0.15) is 24.2 Å². The first-order valence-electron chi connectivity index (χ1n) is 8.56. The van der Waals surface area contributed by atoms with Gasteiger partial charge in [0.05, 0.1) is 18.0 Å². The third kappa shape index (κ3) is 5.28. The maximum atomic E-state index is 13.2. The van der Waals surface area contributed by atoms with Gasteiger partial charge in [0.1, 0.15) is 17.4 Å². The number of ether oxygens (including phenoxy) is 1. The van der Waals surface area contributed by atoms with Gasteiger partial charge in [-0.25, -0.2) is 9.37 Å². The van der Waals surface area contributed by atoms with Gasteiger partial charge in [-0.05, 0) is 68.4 Å². The van der Waals surface area contributed by atoms with Crippen LogP contribution in [-0.2, 0) is 0 Å². The molecule has 0 atom stereocenters. The van der Waals surface area contributed by atoms with E-state index in [1.165, 1.54) is 24.4 Å². The van der Waals surface area contributed by atoms with Gasteiger partial charge in [-0.3, -0.25) is 4.79 Å². The number of aromatic nitrogens is 1. The molecule has 3 rings (SSSR count). The van der Waals surface area contributed by atoms with Gasteiger partial charge in [0.15, 0.2) is 0 Å². The normalized spacial score (nSPS) is 10.5. The van der Waals surface area contributed by atoms with Crippen LogP contribution in [0.15, 0.2) is 66.9 Å². The van der Waals surface area contributed by atoms with Gasteiger partial charge >= 0.3 is 0 Å². The van der Waals surface area contributed by atoms with Crippen molar-refractivity contribution in [1.82, 2.24) is 4.98 Å². The van der Waals surface area contributed by atoms with E-state index in [1.807, 2.05) is 38.1 Å². The standard InChI is InChI=1S/C21H20FN3O2/c1-14(2)27-19-9-6-17(7-10-19)24-20-11-8-18(13-23-20)25-21(26)15-4-3-5-16(22)12-15/h3-14H,1-2H3,(H,23,24)(H,25,26). The smallest absolute Gasteiger partial charge is 0.255 e. The number of nitrogens with one attached hydrogen (secondary N) is 2. The summed E-state index contributed by atoms with van der Waals surface area (Å²) < 4.78 is 18.8. The average Bonchev–Trinajstić information content (AvgIpc) is 2.64. The van der Waals surface area contributed by atoms with Crippen molar-refractivity contribution >= 4 is 23.1 Å². The minimum absolute atomic E-state index is 0.126. The Morgan fingerprint density at radius 2 is 1.78 bits per heavy atom. The highest BCUT2D eigenvalue weighted by molar-refractivity contribution is 6.04. The van der Waals surface area contributed by atoms with Gasteiger partial charge in [-0.15, -0.1) is 0 Å². The molecule has 2 aromatic carbocycles. The van der Waals surface area contributed by atoms with Crippen LogP contribution in [0.4, 0.5) is 21.6 Å². The van der Waals surface area contributed by atoms with Crippen molar-refractivity contribution in [2.45, 2.75) is 20.0 Å². The lowest BCUT2D eigenvalue weighted by Crippen LogP contribution is -2.12. The molecule has 138 valence electrons. The molecule has 5 nitrogen and oxygen atoms in total. The molecule has 3 aromatic rings. The first-order chi connectivity index (χ1) is 13.0. The average molecular weight is 365 g/mol. The van der Waals surface area contributed by atoms with E-state index in [4.69, 9.17) is 4.74 Å². The third-order valence-corrected chi connectivity index (χ3v) is 3.61. The summed E-state index contributed by atoms with van der Waals surface area (Å²) in [5.74, 6) is 0.595. The minimum atomic E-state index is -0.454. The maximum Gasteiger partial charge on any atom is 0.255 e. The summed E-state index contributed by atoms with van der Waals surface area (Å²) in [6.07, 6.45) is 1.66. The molecular weight excluding hydrogens is 345 g/mol. The molecule has 0 radical (unpaired) electrons. The van der Waals surface area contributed by atoms with E-state index < -0.39 is 11.7 Å². The molecule has 6 heteroatoms. The fraction of sp³-hybridized carbons (Fsp3) is 0.143. The number of nitrogens with zero attached hydrogens (tertiary/aromatic N) is 1. The number of benzene rings is 2. The fourth-order valence-electron chi connectivity index (χ4n) is 2.41. The zero-order valence-corrected chi connectivity index (χ0v) is 15.1. The van der Waals surface area contributed by atoms with Gasteiger partial charge in [-0.1, -0.05) is 6.07 Å². The largest absolute Gasteiger partial charge is 0.491 e. The van der Waals surface area contributed by atoms with Crippen molar-refractivity contribution in [3.05, 3.63) is 78.2 Å². The van der Waals surface area contributed by atoms with Gasteiger partial charge < -0.3 is 15.4 Å². The van der Waals surface area contributed by atoms with Gasteiger partial charge in [0, 0.05) is 11.3 Å². The second-order valence-corrected chi connectivity index (χ2v) is 6.21. The van der Waals surface area contributed by atoms with Gasteiger partial charge in [0.2, 0.25) is 0 Å². The van der Waals surface area contributed by atoms with Crippen LogP contribution in [-0.4, -0.2) is 17.0 Å². The van der Waals surface area contributed by atoms with E-state index in [0.29, 0.717) is 11.5 Å². The lowest BCUT2D eigenvalue weighted by atomic mass is 10.2. The lowest BCUT2D eigenvalue weighted by Gasteiger charge is -2.11. The van der Waals surface area contributed by atoms with Crippen molar-refractivity contribution < 1.29 is 13.9 Å². The molecule has 2 N–H and O–H groups in total. The quantitative estimate of drug-likeness (QED) is 0.645. The molecule has 1 heterocycles. The van der Waals surface area contributed by atoms with Crippen molar-refractivity contribution in [3.63, 3.8) is 0 Å². The second-order valence-electron chi connectivity index (χ2n) is 6.21. The highest BCUT2D eigenvalue weighted by Crippen LogP contribution is 2.20. The van der Waals surface area contributed by atoms with Crippen molar-refractivity contribution in [1.29, 1.82) is 0 Å². The van der Waals surface area contributed by atoms with Crippen LogP contribution < -0.4 is 15.4 Å². The molecule has 0 bridgehead atoms. The number of carbonyl (C=O) groups is 1. The lowest BCUT2D eigenvalue weighted by molar-refractivity contribution is 0.102. The topological polar surface area (TPSA) is 63.2 Å². The van der Waals surface area contributed by atoms with E-state index in [2.05, 4.69) is 15.6 Å². The molecule has 0 aliphatic rings. The number of carbonyl (C=O) groups excluding carboxylic acids is 1. The zero-order valence-electron chi connectivity index (χ0n) is 15.1. The van der Waals surface area contributed by atoms with Crippen LogP contribution in [0.5, 0.6) is 5.75 Å². The summed E-state index contributed by atoms with van der Waals surface area (Å²) in [6.45, 7) is 3.95. The highest BCUT2D eigenvalue weighted by atomic mass is 19.1. The summed E-state index contributed by atoms with van der Waals surface area (Å²) >= 11 is 0. The number of halogens is 1. The first-order valence-corrected chi connectivity index (χ1v) is 8.56. The van der Waals surface area contributed by atoms with Crippen LogP contribution in [0.25, 0.3) is 0 Å². The second kappa shape index (κ2) is 8.31. The van der Waals surface area contributed by atoms with Crippen LogP contribution in [0.3, 0.4) is 0 Å². The van der Waals surface area contributed by atoms with E-state index in [1.54, 1.807) is 18.2 Å². The number of hydrogen-bond donors (Lipinski definition) is 2. The Bertz CT molecular complexity index is 909. The minimum Gasteiger partial charge on any atom is -0.491 e. The Balaban J connectivity index is 1.61. The summed E-state index contributed by atoms with van der Waals surface area (Å²) in [5.41, 5.74) is 1.64. The van der Waals surface area contributed by atoms with Crippen molar-refractivity contribution in [2.24, 2.45) is 0 Å². The summed E-state index contributed by atoms with van der Waals surface area (Å²) in [7, 11) is 0. The number of hydrogen-bond acceptors (Lipinski definition) is 4. The number of rotatable bonds is 6. The van der Waals surface area contributed by atoms with Crippen molar-refractivity contribution in [2.75, 3.05) is 10.6 Å². The predicted molar refractivity (Wildman–Crippen MR) is 104 cm³/mol. The van der Waals surface area contributed by atoms with Crippen molar-refractivity contribution in [3.8, 4) is 5.75 Å². The molecule has 0 unspecified atom stereocenters. The fourth-order valence-corrected chi connectivity index (χ4v) is 2.41. The maximum absolute atomic E-state index is 13.2. The Kier molecular flexibility index (Phi) is 5.66. The highest BCUT2D eigenvalue weighted by Gasteiger charge is 2.07. The molecule has 0 aliphatic heterocycles. The Morgan fingerprint density at radius 3 is 2.41 bits per heavy atom. The summed E-state index contributed by atoms with van der Waals surface area (Å²) in [4.78, 5) is 16.4. The third-order valence-electron chi connectivity index (χ3n) is 3.61. The number of anilines is 3. The molecule has 0 saturated carbocycles. The van der Waals surface area contributed by atoms with E-state index in [9.17, 15) is 9.18 Å². The summed E-state index contributed by atoms with van der Waals surface area (Å²) in [5, 5.41) is 5.86. The van der Waals surface area contributed by atoms with Crippen LogP contribution in [0, 0.1) is 5.82 Å². The predicted octanol–water partition coefficient (Wildman–Crippen LogP) is 5.00. The first kappa shape index (κ1) is 18.4. The van der Waals surface area contributed by atoms with E-state index in [0.717, 1.165) is 11.4 Å². The Morgan fingerprint density at radius 1 is 1.04 bits per heavy atom. The molecule has 1 aromatic heterocycles. The number of pyridine rings is 1. The monoisotopic (exact) mass is 365 g/mol. The SMILES string of the molecule is CC(C)Oc1ccc(Nc2ccc(NC(=O)c3cccc(F)c3)cn2)cc1. The van der Waals surface area contributed by atoms with Gasteiger partial charge in [0.25, 0.3) is 5.91 Å². The molecule has 27 heavy (non-hydrogen) atoms. The summed E-state index contributed by atoms with van der Waals surface area (Å²) in [6, 6.07) is 16.6. The van der Waals surface area contributed by atoms with Crippen LogP contribution >= 0.6 is 0 Å². The molecular formula is C21H20FN3O2. The van der Waals surface area contributed by atoms with Crippen LogP contribution in [0.2, 0.25) is 0 Å². The number of amides is 1. The molecule has 1 amide bonds. The molecule has 0 spiro atoms. The zero-order chi connectivity index (χ0) is 19.2. The Labute approximate surface area is 157 Å². The molecule has 0 fully saturated rings. The molecule has 0 aliphatic carbocycles. The Hall–Kier alpha value is -3.41. The van der Waals surface area contributed by atoms with E-state index >= 15 is 0 Å². The van der Waals surface area contributed by atoms with Gasteiger partial charge in [-0.2, -0.15) is 0 Å².